The summed E-state index contributed by atoms with van der Waals surface area (Å²) in [7, 11) is 2.00. The average Bonchev–Trinajstić information content (AvgIpc) is 2.99. The van der Waals surface area contributed by atoms with Crippen LogP contribution in [0.1, 0.15) is 34.5 Å². The molecular formula is C14H15ClN2S. The molecule has 0 aliphatic heterocycles. The average molecular weight is 279 g/mol. The largest absolute Gasteiger partial charge is 0.312 e. The molecule has 2 heterocycles. The molecule has 0 bridgehead atoms. The van der Waals surface area contributed by atoms with Crippen LogP contribution in [0.5, 0.6) is 0 Å². The van der Waals surface area contributed by atoms with E-state index in [1.165, 1.54) is 16.1 Å². The molecule has 3 rings (SSSR count). The van der Waals surface area contributed by atoms with E-state index in [9.17, 15) is 0 Å². The van der Waals surface area contributed by atoms with Crippen LogP contribution < -0.4 is 5.32 Å². The van der Waals surface area contributed by atoms with Gasteiger partial charge in [0.25, 0.3) is 0 Å². The van der Waals surface area contributed by atoms with Gasteiger partial charge in [-0.3, -0.25) is 4.98 Å². The van der Waals surface area contributed by atoms with Gasteiger partial charge in [0, 0.05) is 22.7 Å². The first-order valence-corrected chi connectivity index (χ1v) is 7.41. The van der Waals surface area contributed by atoms with E-state index in [2.05, 4.69) is 21.7 Å². The van der Waals surface area contributed by atoms with Crippen LogP contribution in [0, 0.1) is 0 Å². The van der Waals surface area contributed by atoms with Gasteiger partial charge in [0.05, 0.1) is 11.1 Å². The molecule has 1 aliphatic rings. The van der Waals surface area contributed by atoms with Crippen LogP contribution in [-0.2, 0) is 6.42 Å². The summed E-state index contributed by atoms with van der Waals surface area (Å²) >= 11 is 7.99. The molecule has 4 heteroatoms. The molecular weight excluding hydrogens is 264 g/mol. The first-order chi connectivity index (χ1) is 8.81. The van der Waals surface area contributed by atoms with Crippen LogP contribution in [0.3, 0.4) is 0 Å². The van der Waals surface area contributed by atoms with Gasteiger partial charge < -0.3 is 5.32 Å². The molecule has 18 heavy (non-hydrogen) atoms. The summed E-state index contributed by atoms with van der Waals surface area (Å²) in [5.74, 6) is 0.433. The molecule has 1 aliphatic carbocycles. The van der Waals surface area contributed by atoms with E-state index in [-0.39, 0.29) is 6.04 Å². The summed E-state index contributed by atoms with van der Waals surface area (Å²) in [5.41, 5.74) is 2.62. The second kappa shape index (κ2) is 5.00. The number of hydrogen-bond acceptors (Lipinski definition) is 3. The van der Waals surface area contributed by atoms with Crippen molar-refractivity contribution in [1.82, 2.24) is 10.3 Å². The Kier molecular flexibility index (Phi) is 3.37. The van der Waals surface area contributed by atoms with Gasteiger partial charge in [-0.05, 0) is 43.0 Å². The normalized spacial score (nSPS) is 19.8. The number of aryl methyl sites for hydroxylation is 1. The fraction of sp³-hybridized carbons (Fsp3) is 0.357. The summed E-state index contributed by atoms with van der Waals surface area (Å²) < 4.78 is 0. The fourth-order valence-corrected chi connectivity index (χ4v) is 4.16. The fourth-order valence-electron chi connectivity index (χ4n) is 2.81. The minimum Gasteiger partial charge on any atom is -0.312 e. The van der Waals surface area contributed by atoms with Crippen molar-refractivity contribution in [2.75, 3.05) is 7.05 Å². The molecule has 0 radical (unpaired) electrons. The minimum atomic E-state index is 0.272. The highest BCUT2D eigenvalue weighted by Gasteiger charge is 2.32. The molecule has 0 amide bonds. The van der Waals surface area contributed by atoms with Gasteiger partial charge in [-0.1, -0.05) is 17.7 Å². The summed E-state index contributed by atoms with van der Waals surface area (Å²) in [6.45, 7) is 0. The SMILES string of the molecule is CNC(c1sccc1Cl)C1CCc2cccnc21. The van der Waals surface area contributed by atoms with Crippen LogP contribution in [-0.4, -0.2) is 12.0 Å². The highest BCUT2D eigenvalue weighted by atomic mass is 35.5. The molecule has 2 unspecified atom stereocenters. The van der Waals surface area contributed by atoms with Gasteiger partial charge in [-0.25, -0.2) is 0 Å². The standard InChI is InChI=1S/C14H15ClN2S/c1-16-13(14-11(15)6-8-18-14)10-5-4-9-3-2-7-17-12(9)10/h2-3,6-8,10,13,16H,4-5H2,1H3. The Morgan fingerprint density at radius 1 is 1.50 bits per heavy atom. The van der Waals surface area contributed by atoms with E-state index in [0.717, 1.165) is 17.9 Å². The van der Waals surface area contributed by atoms with Gasteiger partial charge in [0.15, 0.2) is 0 Å². The molecule has 2 atom stereocenters. The van der Waals surface area contributed by atoms with Crippen molar-refractivity contribution in [3.63, 3.8) is 0 Å². The summed E-state index contributed by atoms with van der Waals surface area (Å²) in [6.07, 6.45) is 4.15. The molecule has 2 nitrogen and oxygen atoms in total. The maximum Gasteiger partial charge on any atom is 0.0561 e. The number of nitrogens with one attached hydrogen (secondary N) is 1. The first-order valence-electron chi connectivity index (χ1n) is 6.15. The van der Waals surface area contributed by atoms with Crippen molar-refractivity contribution in [2.24, 2.45) is 0 Å². The van der Waals surface area contributed by atoms with Crippen molar-refractivity contribution < 1.29 is 0 Å². The number of nitrogens with zero attached hydrogens (tertiary/aromatic N) is 1. The second-order valence-corrected chi connectivity index (χ2v) is 5.95. The van der Waals surface area contributed by atoms with Crippen molar-refractivity contribution in [3.05, 3.63) is 50.9 Å². The second-order valence-electron chi connectivity index (χ2n) is 4.59. The van der Waals surface area contributed by atoms with Gasteiger partial charge in [-0.2, -0.15) is 0 Å². The van der Waals surface area contributed by atoms with E-state index in [4.69, 9.17) is 11.6 Å². The summed E-state index contributed by atoms with van der Waals surface area (Å²) in [4.78, 5) is 5.80. The lowest BCUT2D eigenvalue weighted by molar-refractivity contribution is 0.477. The summed E-state index contributed by atoms with van der Waals surface area (Å²) in [6, 6.07) is 6.45. The smallest absolute Gasteiger partial charge is 0.0561 e. The van der Waals surface area contributed by atoms with E-state index >= 15 is 0 Å². The number of pyridine rings is 1. The molecule has 2 aromatic rings. The lowest BCUT2D eigenvalue weighted by Crippen LogP contribution is -2.22. The molecule has 0 spiro atoms. The maximum atomic E-state index is 6.27. The molecule has 0 fully saturated rings. The monoisotopic (exact) mass is 278 g/mol. The third-order valence-electron chi connectivity index (χ3n) is 3.64. The van der Waals surface area contributed by atoms with Crippen LogP contribution in [0.15, 0.2) is 29.8 Å². The number of hydrogen-bond donors (Lipinski definition) is 1. The Labute approximate surface area is 116 Å². The number of rotatable bonds is 3. The Morgan fingerprint density at radius 2 is 2.39 bits per heavy atom. The van der Waals surface area contributed by atoms with E-state index in [1.54, 1.807) is 11.3 Å². The van der Waals surface area contributed by atoms with Crippen LogP contribution >= 0.6 is 22.9 Å². The first kappa shape index (κ1) is 12.2. The van der Waals surface area contributed by atoms with Crippen molar-refractivity contribution in [3.8, 4) is 0 Å². The lowest BCUT2D eigenvalue weighted by Gasteiger charge is -2.22. The van der Waals surface area contributed by atoms with E-state index in [1.807, 2.05) is 25.4 Å². The van der Waals surface area contributed by atoms with E-state index < -0.39 is 0 Å². The third-order valence-corrected chi connectivity index (χ3v) is 5.08. The Hall–Kier alpha value is -0.900. The van der Waals surface area contributed by atoms with E-state index in [0.29, 0.717) is 5.92 Å². The molecule has 0 saturated carbocycles. The number of halogens is 1. The quantitative estimate of drug-likeness (QED) is 0.924. The maximum absolute atomic E-state index is 6.27. The predicted octanol–water partition coefficient (Wildman–Crippen LogP) is 3.79. The molecule has 0 aromatic carbocycles. The number of aromatic nitrogens is 1. The van der Waals surface area contributed by atoms with Crippen LogP contribution in [0.2, 0.25) is 5.02 Å². The number of likely N-dealkylation sites (N-methyl/N-ethyl adjacent to an activating group) is 1. The third kappa shape index (κ3) is 1.96. The Bertz CT molecular complexity index is 552. The number of thiophene rings is 1. The molecule has 2 aromatic heterocycles. The van der Waals surface area contributed by atoms with Crippen molar-refractivity contribution in [1.29, 1.82) is 0 Å². The summed E-state index contributed by atoms with van der Waals surface area (Å²) in [5, 5.41) is 6.33. The van der Waals surface area contributed by atoms with Gasteiger partial charge in [-0.15, -0.1) is 11.3 Å². The van der Waals surface area contributed by atoms with Crippen molar-refractivity contribution >= 4 is 22.9 Å². The minimum absolute atomic E-state index is 0.272. The van der Waals surface area contributed by atoms with Gasteiger partial charge in [0.1, 0.15) is 0 Å². The zero-order valence-electron chi connectivity index (χ0n) is 10.2. The molecule has 0 saturated heterocycles. The van der Waals surface area contributed by atoms with Gasteiger partial charge in [0.2, 0.25) is 0 Å². The molecule has 1 N–H and O–H groups in total. The zero-order chi connectivity index (χ0) is 12.5. The highest BCUT2D eigenvalue weighted by molar-refractivity contribution is 7.10. The van der Waals surface area contributed by atoms with Crippen LogP contribution in [0.25, 0.3) is 0 Å². The van der Waals surface area contributed by atoms with Crippen molar-refractivity contribution in [2.45, 2.75) is 24.8 Å². The Balaban J connectivity index is 1.98. The number of fused-ring (bicyclic) bond motifs is 1. The topological polar surface area (TPSA) is 24.9 Å². The lowest BCUT2D eigenvalue weighted by atomic mass is 9.95. The highest BCUT2D eigenvalue weighted by Crippen LogP contribution is 2.43. The molecule has 94 valence electrons. The zero-order valence-corrected chi connectivity index (χ0v) is 11.8. The predicted molar refractivity (Wildman–Crippen MR) is 76.4 cm³/mol. The Morgan fingerprint density at radius 3 is 3.11 bits per heavy atom. The van der Waals surface area contributed by atoms with Crippen LogP contribution in [0.4, 0.5) is 0 Å². The van der Waals surface area contributed by atoms with Gasteiger partial charge >= 0.3 is 0 Å².